The van der Waals surface area contributed by atoms with Crippen LogP contribution in [0.3, 0.4) is 0 Å². The molecule has 2 amide bonds. The van der Waals surface area contributed by atoms with Gasteiger partial charge in [0.25, 0.3) is 5.91 Å². The van der Waals surface area contributed by atoms with E-state index in [1.165, 1.54) is 17.3 Å². The molecule has 0 radical (unpaired) electrons. The summed E-state index contributed by atoms with van der Waals surface area (Å²) in [6.45, 7) is 7.21. The number of aryl methyl sites for hydroxylation is 1. The molecule has 0 spiro atoms. The summed E-state index contributed by atoms with van der Waals surface area (Å²) in [5.74, 6) is -0.326. The molecule has 1 N–H and O–H groups in total. The van der Waals surface area contributed by atoms with Crippen LogP contribution in [-0.4, -0.2) is 37.6 Å². The fraction of sp³-hybridized carbons (Fsp3) is 0.360. The van der Waals surface area contributed by atoms with Crippen LogP contribution >= 0.6 is 11.8 Å². The van der Waals surface area contributed by atoms with Crippen molar-refractivity contribution in [3.8, 4) is 0 Å². The number of amides is 2. The summed E-state index contributed by atoms with van der Waals surface area (Å²) in [6.07, 6.45) is 3.79. The Hall–Kier alpha value is -2.57. The zero-order valence-corrected chi connectivity index (χ0v) is 19.2. The van der Waals surface area contributed by atoms with E-state index in [-0.39, 0.29) is 24.5 Å². The molecule has 0 atom stereocenters. The largest absolute Gasteiger partial charge is 0.379 e. The zero-order valence-electron chi connectivity index (χ0n) is 18.4. The molecule has 3 rings (SSSR count). The number of hydrogen-bond donors (Lipinski definition) is 1. The van der Waals surface area contributed by atoms with Gasteiger partial charge in [0.1, 0.15) is 6.54 Å². The Balaban J connectivity index is 1.71. The topological polar surface area (TPSA) is 58.6 Å². The van der Waals surface area contributed by atoms with Crippen LogP contribution in [0, 0.1) is 0 Å². The molecule has 1 aliphatic rings. The van der Waals surface area contributed by atoms with E-state index in [0.29, 0.717) is 18.1 Å². The van der Waals surface area contributed by atoms with Crippen molar-refractivity contribution >= 4 is 35.3 Å². The second-order valence-corrected chi connectivity index (χ2v) is 8.77. The standard InChI is InChI=1S/C25H30N2O3S/c1-4-19-10-12-20(13-11-19)16-23-25(29)27(21-8-5-6-9-22(21)31-23)17-24(28)26-14-7-15-30-18(2)3/h5-6,8-13,16,18H,4,7,14-15,17H2,1-3H3,(H,26,28). The Morgan fingerprint density at radius 3 is 2.61 bits per heavy atom. The van der Waals surface area contributed by atoms with E-state index in [1.807, 2.05) is 56.3 Å². The number of thioether (sulfide) groups is 1. The SMILES string of the molecule is CCc1ccc(C=C2Sc3ccccc3N(CC(=O)NCCCOC(C)C)C2=O)cc1. The minimum atomic E-state index is -0.175. The molecular weight excluding hydrogens is 408 g/mol. The molecule has 164 valence electrons. The molecule has 2 aromatic carbocycles. The number of ether oxygens (including phenoxy) is 1. The zero-order chi connectivity index (χ0) is 22.2. The highest BCUT2D eigenvalue weighted by Gasteiger charge is 2.30. The molecular formula is C25H30N2O3S. The molecule has 5 nitrogen and oxygen atoms in total. The maximum Gasteiger partial charge on any atom is 0.265 e. The van der Waals surface area contributed by atoms with Crippen molar-refractivity contribution in [2.75, 3.05) is 24.6 Å². The third-order valence-corrected chi connectivity index (χ3v) is 5.99. The summed E-state index contributed by atoms with van der Waals surface area (Å²) in [7, 11) is 0. The van der Waals surface area contributed by atoms with Crippen LogP contribution in [0.25, 0.3) is 6.08 Å². The van der Waals surface area contributed by atoms with Gasteiger partial charge in [-0.15, -0.1) is 0 Å². The quantitative estimate of drug-likeness (QED) is 0.457. The Bertz CT molecular complexity index is 938. The van der Waals surface area contributed by atoms with Gasteiger partial charge in [-0.05, 0) is 56.0 Å². The first-order chi connectivity index (χ1) is 15.0. The molecule has 31 heavy (non-hydrogen) atoms. The smallest absolute Gasteiger partial charge is 0.265 e. The van der Waals surface area contributed by atoms with Crippen LogP contribution in [0.15, 0.2) is 58.3 Å². The van der Waals surface area contributed by atoms with Crippen LogP contribution < -0.4 is 10.2 Å². The van der Waals surface area contributed by atoms with Crippen LogP contribution in [0.5, 0.6) is 0 Å². The average Bonchev–Trinajstić information content (AvgIpc) is 2.76. The van der Waals surface area contributed by atoms with E-state index < -0.39 is 0 Å². The third kappa shape index (κ3) is 6.45. The third-order valence-electron chi connectivity index (χ3n) is 4.91. The summed E-state index contributed by atoms with van der Waals surface area (Å²) < 4.78 is 5.50. The van der Waals surface area contributed by atoms with Crippen molar-refractivity contribution in [1.82, 2.24) is 5.32 Å². The minimum Gasteiger partial charge on any atom is -0.379 e. The lowest BCUT2D eigenvalue weighted by molar-refractivity contribution is -0.122. The van der Waals surface area contributed by atoms with Crippen molar-refractivity contribution in [1.29, 1.82) is 0 Å². The number of fused-ring (bicyclic) bond motifs is 1. The second-order valence-electron chi connectivity index (χ2n) is 7.69. The Labute approximate surface area is 188 Å². The van der Waals surface area contributed by atoms with E-state index in [1.54, 1.807) is 4.90 Å². The predicted octanol–water partition coefficient (Wildman–Crippen LogP) is 4.66. The highest BCUT2D eigenvalue weighted by Crippen LogP contribution is 2.41. The highest BCUT2D eigenvalue weighted by atomic mass is 32.2. The second kappa shape index (κ2) is 11.2. The Morgan fingerprint density at radius 1 is 1.16 bits per heavy atom. The molecule has 1 aliphatic heterocycles. The van der Waals surface area contributed by atoms with Crippen LogP contribution in [0.1, 0.15) is 38.3 Å². The fourth-order valence-electron chi connectivity index (χ4n) is 3.24. The number of para-hydroxylation sites is 1. The Kier molecular flexibility index (Phi) is 8.32. The lowest BCUT2D eigenvalue weighted by Crippen LogP contribution is -2.43. The number of benzene rings is 2. The summed E-state index contributed by atoms with van der Waals surface area (Å²) in [5.41, 5.74) is 3.00. The van der Waals surface area contributed by atoms with E-state index in [0.717, 1.165) is 29.0 Å². The molecule has 1 heterocycles. The maximum atomic E-state index is 13.2. The molecule has 6 heteroatoms. The van der Waals surface area contributed by atoms with Crippen molar-refractivity contribution in [3.63, 3.8) is 0 Å². The monoisotopic (exact) mass is 438 g/mol. The average molecular weight is 439 g/mol. The first kappa shape index (κ1) is 23.1. The molecule has 0 fully saturated rings. The normalized spacial score (nSPS) is 14.8. The van der Waals surface area contributed by atoms with Gasteiger partial charge in [-0.3, -0.25) is 14.5 Å². The number of rotatable bonds is 9. The minimum absolute atomic E-state index is 0.00639. The predicted molar refractivity (Wildman–Crippen MR) is 127 cm³/mol. The number of carbonyl (C=O) groups excluding carboxylic acids is 2. The van der Waals surface area contributed by atoms with Gasteiger partial charge in [0.2, 0.25) is 5.91 Å². The van der Waals surface area contributed by atoms with Gasteiger partial charge in [0, 0.05) is 18.0 Å². The number of nitrogens with one attached hydrogen (secondary N) is 1. The molecule has 0 unspecified atom stereocenters. The summed E-state index contributed by atoms with van der Waals surface area (Å²) in [6, 6.07) is 15.9. The van der Waals surface area contributed by atoms with Crippen molar-refractivity contribution in [3.05, 3.63) is 64.6 Å². The van der Waals surface area contributed by atoms with Crippen molar-refractivity contribution in [2.45, 2.75) is 44.6 Å². The number of anilines is 1. The van der Waals surface area contributed by atoms with Gasteiger partial charge in [-0.25, -0.2) is 0 Å². The van der Waals surface area contributed by atoms with E-state index in [2.05, 4.69) is 24.4 Å². The van der Waals surface area contributed by atoms with Gasteiger partial charge in [0.05, 0.1) is 16.7 Å². The van der Waals surface area contributed by atoms with Crippen LogP contribution in [0.2, 0.25) is 0 Å². The number of carbonyl (C=O) groups is 2. The molecule has 2 aromatic rings. The van der Waals surface area contributed by atoms with Gasteiger partial charge in [0.15, 0.2) is 0 Å². The first-order valence-corrected chi connectivity index (χ1v) is 11.6. The molecule has 0 saturated carbocycles. The fourth-order valence-corrected chi connectivity index (χ4v) is 4.30. The van der Waals surface area contributed by atoms with Gasteiger partial charge < -0.3 is 10.1 Å². The van der Waals surface area contributed by atoms with E-state index in [4.69, 9.17) is 4.74 Å². The Morgan fingerprint density at radius 2 is 1.90 bits per heavy atom. The first-order valence-electron chi connectivity index (χ1n) is 10.8. The summed E-state index contributed by atoms with van der Waals surface area (Å²) in [4.78, 5) is 28.9. The molecule has 0 aliphatic carbocycles. The van der Waals surface area contributed by atoms with E-state index in [9.17, 15) is 9.59 Å². The van der Waals surface area contributed by atoms with Crippen molar-refractivity contribution < 1.29 is 14.3 Å². The number of hydrogen-bond acceptors (Lipinski definition) is 4. The number of nitrogens with zero attached hydrogens (tertiary/aromatic N) is 1. The summed E-state index contributed by atoms with van der Waals surface area (Å²) in [5, 5.41) is 2.89. The van der Waals surface area contributed by atoms with Gasteiger partial charge >= 0.3 is 0 Å². The van der Waals surface area contributed by atoms with Crippen LogP contribution in [-0.2, 0) is 20.7 Å². The molecule has 0 saturated heterocycles. The van der Waals surface area contributed by atoms with Gasteiger partial charge in [-0.2, -0.15) is 0 Å². The molecule has 0 aromatic heterocycles. The molecule has 0 bridgehead atoms. The lowest BCUT2D eigenvalue weighted by Gasteiger charge is -2.29. The van der Waals surface area contributed by atoms with E-state index >= 15 is 0 Å². The van der Waals surface area contributed by atoms with Crippen molar-refractivity contribution in [2.24, 2.45) is 0 Å². The lowest BCUT2D eigenvalue weighted by atomic mass is 10.1. The highest BCUT2D eigenvalue weighted by molar-refractivity contribution is 8.04. The summed E-state index contributed by atoms with van der Waals surface area (Å²) >= 11 is 1.45. The maximum absolute atomic E-state index is 13.2. The van der Waals surface area contributed by atoms with Crippen LogP contribution in [0.4, 0.5) is 5.69 Å². The van der Waals surface area contributed by atoms with Gasteiger partial charge in [-0.1, -0.05) is 55.1 Å².